The maximum absolute atomic E-state index is 12.8. The van der Waals surface area contributed by atoms with Gasteiger partial charge in [0.25, 0.3) is 0 Å². The van der Waals surface area contributed by atoms with E-state index in [0.29, 0.717) is 5.56 Å². The number of carbonyl (C=O) groups excluding carboxylic acids is 1. The number of hydrogen-bond donors (Lipinski definition) is 2. The van der Waals surface area contributed by atoms with E-state index < -0.39 is 11.9 Å². The zero-order valence-corrected chi connectivity index (χ0v) is 24.3. The SMILES string of the molecule is NOC(=O)c1ccc(C2=c3cc4c5c(c3Oc3c2cc2c6c3CCCN6CCCC2)CCC[N+]=5CCCC4)c(C(=O)O)c1. The highest BCUT2D eigenvalue weighted by Crippen LogP contribution is 2.48. The summed E-state index contributed by atoms with van der Waals surface area (Å²) in [7, 11) is 0. The van der Waals surface area contributed by atoms with Crippen LogP contribution in [0.4, 0.5) is 5.69 Å². The fraction of sp³-hybridized carbons (Fsp3) is 0.400. The first-order chi connectivity index (χ1) is 21.0. The molecule has 5 aliphatic heterocycles. The monoisotopic (exact) mass is 578 g/mol. The largest absolute Gasteiger partial charge is 0.478 e. The van der Waals surface area contributed by atoms with Gasteiger partial charge < -0.3 is 19.6 Å². The second-order valence-electron chi connectivity index (χ2n) is 12.5. The van der Waals surface area contributed by atoms with E-state index in [9.17, 15) is 14.7 Å². The Kier molecular flexibility index (Phi) is 6.29. The van der Waals surface area contributed by atoms with Gasteiger partial charge in [0.15, 0.2) is 0 Å². The minimum atomic E-state index is -1.10. The van der Waals surface area contributed by atoms with Crippen LogP contribution in [0, 0.1) is 0 Å². The van der Waals surface area contributed by atoms with E-state index in [1.807, 2.05) is 0 Å². The van der Waals surface area contributed by atoms with Gasteiger partial charge in [0.2, 0.25) is 5.36 Å². The van der Waals surface area contributed by atoms with Crippen LogP contribution in [0.2, 0.25) is 0 Å². The molecule has 43 heavy (non-hydrogen) atoms. The molecule has 220 valence electrons. The van der Waals surface area contributed by atoms with Crippen molar-refractivity contribution >= 4 is 23.2 Å². The number of nitrogens with zero attached hydrogens (tertiary/aromatic N) is 2. The lowest BCUT2D eigenvalue weighted by Gasteiger charge is -2.35. The zero-order valence-electron chi connectivity index (χ0n) is 24.3. The predicted molar refractivity (Wildman–Crippen MR) is 163 cm³/mol. The molecule has 0 bridgehead atoms. The second kappa shape index (κ2) is 10.2. The van der Waals surface area contributed by atoms with Crippen LogP contribution in [0.5, 0.6) is 11.5 Å². The third-order valence-electron chi connectivity index (χ3n) is 10.0. The van der Waals surface area contributed by atoms with Crippen molar-refractivity contribution in [2.45, 2.75) is 64.2 Å². The Bertz CT molecular complexity index is 1860. The van der Waals surface area contributed by atoms with E-state index in [2.05, 4.69) is 26.4 Å². The summed E-state index contributed by atoms with van der Waals surface area (Å²) < 4.78 is 9.66. The number of carboxylic acid groups (broad SMARTS) is 1. The topological polar surface area (TPSA) is 105 Å². The minimum absolute atomic E-state index is 0.0483. The summed E-state index contributed by atoms with van der Waals surface area (Å²) in [5, 5.41) is 12.8. The van der Waals surface area contributed by atoms with Crippen LogP contribution in [0.15, 0.2) is 30.3 Å². The molecule has 8 heteroatoms. The highest BCUT2D eigenvalue weighted by molar-refractivity contribution is 6.01. The molecule has 0 saturated heterocycles. The van der Waals surface area contributed by atoms with Gasteiger partial charge in [0.1, 0.15) is 24.6 Å². The van der Waals surface area contributed by atoms with Gasteiger partial charge in [-0.25, -0.2) is 14.2 Å². The van der Waals surface area contributed by atoms with Crippen molar-refractivity contribution in [1.82, 2.24) is 4.58 Å². The number of rotatable bonds is 3. The van der Waals surface area contributed by atoms with Crippen molar-refractivity contribution in [2.75, 3.05) is 31.1 Å². The van der Waals surface area contributed by atoms with E-state index in [0.717, 1.165) is 118 Å². The van der Waals surface area contributed by atoms with Crippen LogP contribution in [-0.4, -0.2) is 43.2 Å². The van der Waals surface area contributed by atoms with Crippen molar-refractivity contribution in [1.29, 1.82) is 0 Å². The molecule has 0 unspecified atom stereocenters. The average molecular weight is 579 g/mol. The molecule has 0 saturated carbocycles. The second-order valence-corrected chi connectivity index (χ2v) is 12.5. The van der Waals surface area contributed by atoms with Crippen LogP contribution in [-0.2, 0) is 30.5 Å². The Balaban J connectivity index is 1.51. The quantitative estimate of drug-likeness (QED) is 0.283. The van der Waals surface area contributed by atoms with E-state index in [-0.39, 0.29) is 11.1 Å². The molecule has 0 spiro atoms. The molecule has 8 rings (SSSR count). The van der Waals surface area contributed by atoms with Crippen LogP contribution < -0.4 is 30.7 Å². The first kappa shape index (κ1) is 26.5. The molecule has 0 aromatic heterocycles. The summed E-state index contributed by atoms with van der Waals surface area (Å²) >= 11 is 0. The van der Waals surface area contributed by atoms with Crippen molar-refractivity contribution in [2.24, 2.45) is 5.90 Å². The number of carbonyl (C=O) groups is 2. The van der Waals surface area contributed by atoms with E-state index in [1.54, 1.807) is 12.1 Å². The number of aryl methyl sites for hydroxylation is 2. The van der Waals surface area contributed by atoms with Gasteiger partial charge in [-0.3, -0.25) is 0 Å². The standard InChI is InChI=1S/C35H35N3O5/c36-43-35(41)22-11-12-23(26(19-22)34(39)40)29-27-17-20-7-1-3-13-37-15-5-9-24(30(20)37)32(27)42-33-25-10-6-16-38-14-4-2-8-21(31(25)38)18-28(29)33/h11-12,17-19H,1-10,13-16,36H2/p+1. The molecule has 5 aliphatic rings. The number of aromatic carboxylic acids is 1. The summed E-state index contributed by atoms with van der Waals surface area (Å²) in [5.74, 6) is 5.04. The Morgan fingerprint density at radius 2 is 1.63 bits per heavy atom. The number of hydrogen-bond acceptors (Lipinski definition) is 6. The summed E-state index contributed by atoms with van der Waals surface area (Å²) in [6.45, 7) is 4.23. The first-order valence-corrected chi connectivity index (χ1v) is 15.7. The highest BCUT2D eigenvalue weighted by atomic mass is 16.7. The maximum atomic E-state index is 12.8. The van der Waals surface area contributed by atoms with Crippen LogP contribution in [0.1, 0.15) is 92.6 Å². The molecule has 0 atom stereocenters. The van der Waals surface area contributed by atoms with Gasteiger partial charge in [-0.05, 0) is 86.8 Å². The van der Waals surface area contributed by atoms with Gasteiger partial charge in [-0.2, -0.15) is 5.90 Å². The Morgan fingerprint density at radius 3 is 2.49 bits per heavy atom. The smallest absolute Gasteiger partial charge is 0.356 e. The normalized spacial score (nSPS) is 18.3. The van der Waals surface area contributed by atoms with Gasteiger partial charge >= 0.3 is 11.9 Å². The summed E-state index contributed by atoms with van der Waals surface area (Å²) in [6.07, 6.45) is 10.5. The fourth-order valence-corrected chi connectivity index (χ4v) is 8.25. The lowest BCUT2D eigenvalue weighted by atomic mass is 9.83. The molecule has 0 fully saturated rings. The van der Waals surface area contributed by atoms with Gasteiger partial charge in [-0.1, -0.05) is 6.07 Å². The van der Waals surface area contributed by atoms with Crippen molar-refractivity contribution < 1.29 is 24.3 Å². The Hall–Kier alpha value is -4.17. The Morgan fingerprint density at radius 1 is 0.837 bits per heavy atom. The maximum Gasteiger partial charge on any atom is 0.356 e. The molecular formula is C35H36N3O5+. The number of nitrogens with two attached hydrogens (primary N) is 1. The fourth-order valence-electron chi connectivity index (χ4n) is 8.25. The van der Waals surface area contributed by atoms with Crippen molar-refractivity contribution in [3.05, 3.63) is 85.4 Å². The third-order valence-corrected chi connectivity index (χ3v) is 10.0. The molecule has 0 radical (unpaired) electrons. The third kappa shape index (κ3) is 4.10. The summed E-state index contributed by atoms with van der Waals surface area (Å²) in [4.78, 5) is 32.1. The van der Waals surface area contributed by atoms with Crippen molar-refractivity contribution in [3.63, 3.8) is 0 Å². The van der Waals surface area contributed by atoms with Gasteiger partial charge in [0.05, 0.1) is 16.7 Å². The molecule has 3 aromatic rings. The first-order valence-electron chi connectivity index (χ1n) is 15.7. The number of benzene rings is 3. The van der Waals surface area contributed by atoms with Gasteiger partial charge in [-0.15, -0.1) is 0 Å². The summed E-state index contributed by atoms with van der Waals surface area (Å²) in [5.41, 5.74) is 9.03. The lowest BCUT2D eigenvalue weighted by molar-refractivity contribution is 0.0503. The molecule has 0 amide bonds. The molecule has 5 heterocycles. The van der Waals surface area contributed by atoms with Crippen molar-refractivity contribution in [3.8, 4) is 11.5 Å². The number of anilines is 1. The van der Waals surface area contributed by atoms with Crippen LogP contribution >= 0.6 is 0 Å². The minimum Gasteiger partial charge on any atom is -0.478 e. The zero-order chi connectivity index (χ0) is 29.2. The van der Waals surface area contributed by atoms with E-state index >= 15 is 0 Å². The molecule has 3 aromatic carbocycles. The van der Waals surface area contributed by atoms with Crippen LogP contribution in [0.25, 0.3) is 5.57 Å². The predicted octanol–water partition coefficient (Wildman–Crippen LogP) is 3.63. The number of carboxylic acids is 1. The molecule has 0 aliphatic carbocycles. The van der Waals surface area contributed by atoms with Gasteiger partial charge in [0, 0.05) is 59.1 Å². The molecule has 3 N–H and O–H groups in total. The molecule has 8 nitrogen and oxygen atoms in total. The highest BCUT2D eigenvalue weighted by Gasteiger charge is 2.36. The van der Waals surface area contributed by atoms with E-state index in [4.69, 9.17) is 10.6 Å². The van der Waals surface area contributed by atoms with E-state index in [1.165, 1.54) is 39.4 Å². The Labute approximate surface area is 250 Å². The van der Waals surface area contributed by atoms with Crippen LogP contribution in [0.3, 0.4) is 0 Å². The molecular weight excluding hydrogens is 542 g/mol. The number of fused-ring (bicyclic) bond motifs is 4. The summed E-state index contributed by atoms with van der Waals surface area (Å²) in [6, 6.07) is 9.29. The number of ether oxygens (including phenoxy) is 1. The lowest BCUT2D eigenvalue weighted by Crippen LogP contribution is -2.41. The average Bonchev–Trinajstić information content (AvgIpc) is 3.37.